The molecule has 112 valence electrons. The van der Waals surface area contributed by atoms with Crippen LogP contribution in [0.5, 0.6) is 5.75 Å². The van der Waals surface area contributed by atoms with E-state index in [1.54, 1.807) is 0 Å². The van der Waals surface area contributed by atoms with Crippen molar-refractivity contribution in [1.29, 1.82) is 0 Å². The topological polar surface area (TPSA) is 21.3 Å². The third-order valence-electron chi connectivity index (χ3n) is 4.15. The van der Waals surface area contributed by atoms with Crippen LogP contribution in [0, 0.1) is 0 Å². The van der Waals surface area contributed by atoms with Gasteiger partial charge in [0.2, 0.25) is 0 Å². The predicted octanol–water partition coefficient (Wildman–Crippen LogP) is 4.33. The van der Waals surface area contributed by atoms with Crippen molar-refractivity contribution in [3.8, 4) is 5.75 Å². The molecule has 1 fully saturated rings. The molecule has 0 atom stereocenters. The molecule has 1 aliphatic rings. The van der Waals surface area contributed by atoms with Crippen LogP contribution in [-0.2, 0) is 6.42 Å². The van der Waals surface area contributed by atoms with Crippen LogP contribution in [0.25, 0.3) is 0 Å². The minimum Gasteiger partial charge on any atom is -0.492 e. The number of ether oxygens (including phenoxy) is 1. The highest BCUT2D eigenvalue weighted by atomic mass is 16.5. The van der Waals surface area contributed by atoms with Gasteiger partial charge in [-0.05, 0) is 43.4 Å². The van der Waals surface area contributed by atoms with Crippen molar-refractivity contribution in [2.45, 2.75) is 64.3 Å². The van der Waals surface area contributed by atoms with Gasteiger partial charge in [-0.25, -0.2) is 0 Å². The fourth-order valence-electron chi connectivity index (χ4n) is 2.87. The molecule has 0 aliphatic heterocycles. The fourth-order valence-corrected chi connectivity index (χ4v) is 2.87. The van der Waals surface area contributed by atoms with Gasteiger partial charge < -0.3 is 10.1 Å². The molecule has 20 heavy (non-hydrogen) atoms. The Balaban J connectivity index is 1.61. The van der Waals surface area contributed by atoms with Crippen molar-refractivity contribution in [3.05, 3.63) is 29.8 Å². The van der Waals surface area contributed by atoms with Gasteiger partial charge in [0, 0.05) is 12.6 Å². The lowest BCUT2D eigenvalue weighted by Gasteiger charge is -2.22. The third kappa shape index (κ3) is 5.54. The van der Waals surface area contributed by atoms with E-state index >= 15 is 0 Å². The Kier molecular flexibility index (Phi) is 6.93. The van der Waals surface area contributed by atoms with Crippen molar-refractivity contribution in [1.82, 2.24) is 5.32 Å². The first-order chi connectivity index (χ1) is 9.88. The van der Waals surface area contributed by atoms with Crippen LogP contribution in [0.15, 0.2) is 24.3 Å². The number of hydrogen-bond donors (Lipinski definition) is 1. The number of hydrogen-bond acceptors (Lipinski definition) is 2. The molecule has 0 radical (unpaired) electrons. The van der Waals surface area contributed by atoms with E-state index in [1.165, 1.54) is 56.9 Å². The van der Waals surface area contributed by atoms with Crippen molar-refractivity contribution in [2.24, 2.45) is 0 Å². The lowest BCUT2D eigenvalue weighted by atomic mass is 9.96. The SMILES string of the molecule is CCCCc1ccc(OCCNC2CCCCC2)cc1. The molecule has 2 nitrogen and oxygen atoms in total. The predicted molar refractivity (Wildman–Crippen MR) is 85.4 cm³/mol. The van der Waals surface area contributed by atoms with Crippen LogP contribution < -0.4 is 10.1 Å². The molecule has 1 N–H and O–H groups in total. The summed E-state index contributed by atoms with van der Waals surface area (Å²) >= 11 is 0. The highest BCUT2D eigenvalue weighted by Crippen LogP contribution is 2.17. The Morgan fingerprint density at radius 3 is 2.55 bits per heavy atom. The summed E-state index contributed by atoms with van der Waals surface area (Å²) in [5.74, 6) is 0.996. The smallest absolute Gasteiger partial charge is 0.119 e. The van der Waals surface area contributed by atoms with Gasteiger partial charge in [-0.15, -0.1) is 0 Å². The molecular weight excluding hydrogens is 246 g/mol. The fraction of sp³-hybridized carbons (Fsp3) is 0.667. The maximum atomic E-state index is 5.79. The second kappa shape index (κ2) is 9.02. The number of aryl methyl sites for hydroxylation is 1. The van der Waals surface area contributed by atoms with E-state index in [2.05, 4.69) is 36.5 Å². The van der Waals surface area contributed by atoms with E-state index in [9.17, 15) is 0 Å². The van der Waals surface area contributed by atoms with E-state index in [0.717, 1.165) is 24.9 Å². The Labute approximate surface area is 123 Å². The zero-order chi connectivity index (χ0) is 14.0. The maximum absolute atomic E-state index is 5.79. The summed E-state index contributed by atoms with van der Waals surface area (Å²) in [6, 6.07) is 9.32. The normalized spacial score (nSPS) is 16.2. The van der Waals surface area contributed by atoms with Gasteiger partial charge in [0.1, 0.15) is 12.4 Å². The zero-order valence-electron chi connectivity index (χ0n) is 12.9. The number of rotatable bonds is 8. The number of nitrogens with one attached hydrogen (secondary N) is 1. The van der Waals surface area contributed by atoms with Gasteiger partial charge in [-0.2, -0.15) is 0 Å². The van der Waals surface area contributed by atoms with Crippen LogP contribution in [0.2, 0.25) is 0 Å². The van der Waals surface area contributed by atoms with E-state index in [-0.39, 0.29) is 0 Å². The molecule has 0 saturated heterocycles. The summed E-state index contributed by atoms with van der Waals surface area (Å²) in [5.41, 5.74) is 1.42. The summed E-state index contributed by atoms with van der Waals surface area (Å²) in [6.07, 6.45) is 10.6. The zero-order valence-corrected chi connectivity index (χ0v) is 12.9. The first-order valence-electron chi connectivity index (χ1n) is 8.33. The number of benzene rings is 1. The molecule has 0 amide bonds. The van der Waals surface area contributed by atoms with Gasteiger partial charge in [0.05, 0.1) is 0 Å². The Hall–Kier alpha value is -1.02. The van der Waals surface area contributed by atoms with Crippen molar-refractivity contribution >= 4 is 0 Å². The van der Waals surface area contributed by atoms with Crippen molar-refractivity contribution in [3.63, 3.8) is 0 Å². The molecule has 1 aliphatic carbocycles. The second-order valence-electron chi connectivity index (χ2n) is 5.89. The average molecular weight is 275 g/mol. The van der Waals surface area contributed by atoms with Gasteiger partial charge in [0.15, 0.2) is 0 Å². The molecular formula is C18H29NO. The van der Waals surface area contributed by atoms with E-state index in [1.807, 2.05) is 0 Å². The molecule has 1 aromatic rings. The minimum atomic E-state index is 0.726. The summed E-state index contributed by atoms with van der Waals surface area (Å²) in [4.78, 5) is 0. The van der Waals surface area contributed by atoms with Crippen LogP contribution in [0.3, 0.4) is 0 Å². The molecule has 0 aromatic heterocycles. The van der Waals surface area contributed by atoms with Crippen LogP contribution in [0.4, 0.5) is 0 Å². The molecule has 1 aromatic carbocycles. The second-order valence-corrected chi connectivity index (χ2v) is 5.89. The lowest BCUT2D eigenvalue weighted by molar-refractivity contribution is 0.289. The molecule has 0 spiro atoms. The van der Waals surface area contributed by atoms with E-state index in [0.29, 0.717) is 0 Å². The quantitative estimate of drug-likeness (QED) is 0.713. The Morgan fingerprint density at radius 1 is 1.10 bits per heavy atom. The molecule has 2 heteroatoms. The molecule has 1 saturated carbocycles. The highest BCUT2D eigenvalue weighted by Gasteiger charge is 2.11. The van der Waals surface area contributed by atoms with E-state index < -0.39 is 0 Å². The number of unbranched alkanes of at least 4 members (excludes halogenated alkanes) is 1. The first-order valence-corrected chi connectivity index (χ1v) is 8.33. The maximum Gasteiger partial charge on any atom is 0.119 e. The summed E-state index contributed by atoms with van der Waals surface area (Å²) < 4.78 is 5.79. The molecule has 0 bridgehead atoms. The first kappa shape index (κ1) is 15.4. The lowest BCUT2D eigenvalue weighted by Crippen LogP contribution is -2.34. The standard InChI is InChI=1S/C18H29NO/c1-2-3-7-16-10-12-18(13-11-16)20-15-14-19-17-8-5-4-6-9-17/h10-13,17,19H,2-9,14-15H2,1H3. The Morgan fingerprint density at radius 2 is 1.85 bits per heavy atom. The van der Waals surface area contributed by atoms with Crippen LogP contribution in [-0.4, -0.2) is 19.2 Å². The molecule has 2 rings (SSSR count). The molecule has 0 heterocycles. The minimum absolute atomic E-state index is 0.726. The average Bonchev–Trinajstić information content (AvgIpc) is 2.52. The summed E-state index contributed by atoms with van der Waals surface area (Å²) in [5, 5.41) is 3.61. The Bertz CT molecular complexity index is 354. The monoisotopic (exact) mass is 275 g/mol. The van der Waals surface area contributed by atoms with Crippen LogP contribution in [0.1, 0.15) is 57.4 Å². The molecule has 0 unspecified atom stereocenters. The van der Waals surface area contributed by atoms with Crippen molar-refractivity contribution in [2.75, 3.05) is 13.2 Å². The van der Waals surface area contributed by atoms with E-state index in [4.69, 9.17) is 4.74 Å². The summed E-state index contributed by atoms with van der Waals surface area (Å²) in [6.45, 7) is 3.96. The third-order valence-corrected chi connectivity index (χ3v) is 4.15. The van der Waals surface area contributed by atoms with Gasteiger partial charge >= 0.3 is 0 Å². The highest BCUT2D eigenvalue weighted by molar-refractivity contribution is 5.27. The van der Waals surface area contributed by atoms with Gasteiger partial charge in [0.25, 0.3) is 0 Å². The largest absolute Gasteiger partial charge is 0.492 e. The summed E-state index contributed by atoms with van der Waals surface area (Å²) in [7, 11) is 0. The van der Waals surface area contributed by atoms with Crippen LogP contribution >= 0.6 is 0 Å². The van der Waals surface area contributed by atoms with Gasteiger partial charge in [-0.1, -0.05) is 44.7 Å². The van der Waals surface area contributed by atoms with Crippen molar-refractivity contribution < 1.29 is 4.74 Å². The van der Waals surface area contributed by atoms with Gasteiger partial charge in [-0.3, -0.25) is 0 Å².